The van der Waals surface area contributed by atoms with E-state index in [2.05, 4.69) is 15.0 Å². The fourth-order valence-corrected chi connectivity index (χ4v) is 3.55. The van der Waals surface area contributed by atoms with Gasteiger partial charge >= 0.3 is 0 Å². The number of halogens is 2. The van der Waals surface area contributed by atoms with E-state index in [1.165, 1.54) is 12.3 Å². The maximum Gasteiger partial charge on any atom is 0.269 e. The Balaban J connectivity index is 1.91. The van der Waals surface area contributed by atoms with E-state index in [1.807, 2.05) is 19.0 Å². The minimum absolute atomic E-state index is 0.0327. The molecule has 2 rings (SSSR count). The number of carbonyl (C=O) groups excluding carboxylic acids is 1. The van der Waals surface area contributed by atoms with Crippen molar-refractivity contribution < 1.29 is 17.6 Å². The van der Waals surface area contributed by atoms with E-state index in [1.54, 1.807) is 6.07 Å². The predicted octanol–water partition coefficient (Wildman–Crippen LogP) is 2.03. The first-order valence-corrected chi connectivity index (χ1v) is 10.4. The van der Waals surface area contributed by atoms with Gasteiger partial charge in [0.25, 0.3) is 5.91 Å². The normalized spacial score (nSPS) is 11.6. The smallest absolute Gasteiger partial charge is 0.269 e. The third-order valence-corrected chi connectivity index (χ3v) is 5.48. The zero-order valence-corrected chi connectivity index (χ0v) is 17.1. The topological polar surface area (TPSA) is 91.4 Å². The molecule has 2 N–H and O–H groups in total. The van der Waals surface area contributed by atoms with Crippen LogP contribution in [0.3, 0.4) is 0 Å². The first kappa shape index (κ1) is 22.2. The van der Waals surface area contributed by atoms with Crippen molar-refractivity contribution in [3.8, 4) is 0 Å². The summed E-state index contributed by atoms with van der Waals surface area (Å²) in [5, 5.41) is 2.51. The third kappa shape index (κ3) is 6.52. The van der Waals surface area contributed by atoms with Gasteiger partial charge in [0.2, 0.25) is 10.0 Å². The number of carbonyl (C=O) groups is 1. The molecule has 1 aromatic heterocycles. The second kappa shape index (κ2) is 9.92. The Morgan fingerprint density at radius 2 is 2.00 bits per heavy atom. The third-order valence-electron chi connectivity index (χ3n) is 3.79. The Labute approximate surface area is 169 Å². The van der Waals surface area contributed by atoms with E-state index in [9.17, 15) is 17.6 Å². The Kier molecular flexibility index (Phi) is 7.88. The second-order valence-electron chi connectivity index (χ2n) is 6.36. The Bertz CT molecular complexity index is 921. The summed E-state index contributed by atoms with van der Waals surface area (Å²) in [5.74, 6) is -0.979. The molecule has 2 aromatic rings. The fraction of sp³-hybridized carbons (Fsp3) is 0.333. The van der Waals surface area contributed by atoms with Crippen molar-refractivity contribution in [2.75, 3.05) is 27.2 Å². The van der Waals surface area contributed by atoms with Crippen molar-refractivity contribution in [3.05, 3.63) is 58.6 Å². The van der Waals surface area contributed by atoms with Gasteiger partial charge < -0.3 is 10.2 Å². The average Bonchev–Trinajstić information content (AvgIpc) is 2.66. The number of nitrogens with zero attached hydrogens (tertiary/aromatic N) is 2. The zero-order valence-electron chi connectivity index (χ0n) is 15.6. The Morgan fingerprint density at radius 1 is 1.25 bits per heavy atom. The quantitative estimate of drug-likeness (QED) is 0.596. The van der Waals surface area contributed by atoms with E-state index in [4.69, 9.17) is 11.6 Å². The lowest BCUT2D eigenvalue weighted by Crippen LogP contribution is -2.28. The maximum absolute atomic E-state index is 13.2. The van der Waals surface area contributed by atoms with Crippen molar-refractivity contribution >= 4 is 27.5 Å². The molecule has 0 atom stereocenters. The molecule has 1 heterocycles. The highest BCUT2D eigenvalue weighted by atomic mass is 35.5. The van der Waals surface area contributed by atoms with Crippen LogP contribution in [0.4, 0.5) is 4.39 Å². The summed E-state index contributed by atoms with van der Waals surface area (Å²) < 4.78 is 40.1. The molecule has 28 heavy (non-hydrogen) atoms. The summed E-state index contributed by atoms with van der Waals surface area (Å²) in [5.41, 5.74) is 0.822. The minimum atomic E-state index is -3.86. The maximum atomic E-state index is 13.2. The SMILES string of the molecule is CN(C)CCCNC(=O)c1ccc(CNS(=O)(=O)c2ccc(F)c(Cl)c2)cn1. The van der Waals surface area contributed by atoms with Gasteiger partial charge in [-0.2, -0.15) is 0 Å². The molecule has 0 spiro atoms. The standard InChI is InChI=1S/C18H22ClFN4O3S/c1-24(2)9-3-8-21-18(25)17-7-4-13(11-22-17)12-23-28(26,27)14-5-6-16(20)15(19)10-14/h4-7,10-11,23H,3,8-9,12H2,1-2H3,(H,21,25). The number of rotatable bonds is 9. The van der Waals surface area contributed by atoms with Crippen LogP contribution in [0.1, 0.15) is 22.5 Å². The van der Waals surface area contributed by atoms with Gasteiger partial charge in [0.05, 0.1) is 9.92 Å². The highest BCUT2D eigenvalue weighted by Crippen LogP contribution is 2.19. The molecule has 0 saturated heterocycles. The monoisotopic (exact) mass is 428 g/mol. The van der Waals surface area contributed by atoms with Crippen LogP contribution in [0.2, 0.25) is 5.02 Å². The van der Waals surface area contributed by atoms with Crippen LogP contribution < -0.4 is 10.0 Å². The van der Waals surface area contributed by atoms with E-state index in [0.29, 0.717) is 12.1 Å². The summed E-state index contributed by atoms with van der Waals surface area (Å²) in [7, 11) is 0.0603. The van der Waals surface area contributed by atoms with Crippen molar-refractivity contribution in [1.82, 2.24) is 19.9 Å². The molecule has 10 heteroatoms. The highest BCUT2D eigenvalue weighted by Gasteiger charge is 2.16. The number of hydrogen-bond donors (Lipinski definition) is 2. The molecule has 0 aliphatic heterocycles. The summed E-state index contributed by atoms with van der Waals surface area (Å²) in [6.07, 6.45) is 2.25. The van der Waals surface area contributed by atoms with Crippen LogP contribution in [0.25, 0.3) is 0 Å². The van der Waals surface area contributed by atoms with E-state index in [0.717, 1.165) is 31.2 Å². The molecule has 152 valence electrons. The number of sulfonamides is 1. The van der Waals surface area contributed by atoms with Gasteiger partial charge in [-0.25, -0.2) is 17.5 Å². The molecule has 1 aromatic carbocycles. The van der Waals surface area contributed by atoms with Gasteiger partial charge in [-0.15, -0.1) is 0 Å². The number of aromatic nitrogens is 1. The molecule has 0 radical (unpaired) electrons. The Morgan fingerprint density at radius 3 is 2.61 bits per heavy atom. The largest absolute Gasteiger partial charge is 0.351 e. The summed E-state index contributed by atoms with van der Waals surface area (Å²) in [4.78, 5) is 18.0. The molecule has 0 fully saturated rings. The van der Waals surface area contributed by atoms with Crippen molar-refractivity contribution in [3.63, 3.8) is 0 Å². The summed E-state index contributed by atoms with van der Waals surface area (Å²) in [6.45, 7) is 1.38. The average molecular weight is 429 g/mol. The van der Waals surface area contributed by atoms with Crippen LogP contribution >= 0.6 is 11.6 Å². The lowest BCUT2D eigenvalue weighted by atomic mass is 10.2. The van der Waals surface area contributed by atoms with E-state index < -0.39 is 15.8 Å². The molecule has 0 unspecified atom stereocenters. The zero-order chi connectivity index (χ0) is 20.7. The van der Waals surface area contributed by atoms with Gasteiger partial charge in [-0.1, -0.05) is 17.7 Å². The lowest BCUT2D eigenvalue weighted by Gasteiger charge is -2.10. The Hall–Kier alpha value is -2.07. The van der Waals surface area contributed by atoms with Gasteiger partial charge in [0.15, 0.2) is 0 Å². The number of pyridine rings is 1. The number of hydrogen-bond acceptors (Lipinski definition) is 5. The number of benzene rings is 1. The van der Waals surface area contributed by atoms with Crippen LogP contribution in [0.15, 0.2) is 41.4 Å². The molecule has 0 bridgehead atoms. The number of nitrogens with one attached hydrogen (secondary N) is 2. The molecule has 7 nitrogen and oxygen atoms in total. The van der Waals surface area contributed by atoms with Gasteiger partial charge in [0, 0.05) is 19.3 Å². The van der Waals surface area contributed by atoms with Crippen LogP contribution in [-0.4, -0.2) is 51.4 Å². The number of amides is 1. The second-order valence-corrected chi connectivity index (χ2v) is 8.54. The van der Waals surface area contributed by atoms with Crippen LogP contribution in [0.5, 0.6) is 0 Å². The molecule has 1 amide bonds. The van der Waals surface area contributed by atoms with E-state index in [-0.39, 0.29) is 28.1 Å². The van der Waals surface area contributed by atoms with Crippen molar-refractivity contribution in [1.29, 1.82) is 0 Å². The fourth-order valence-electron chi connectivity index (χ4n) is 2.26. The van der Waals surface area contributed by atoms with Crippen molar-refractivity contribution in [2.45, 2.75) is 17.9 Å². The van der Waals surface area contributed by atoms with E-state index >= 15 is 0 Å². The lowest BCUT2D eigenvalue weighted by molar-refractivity contribution is 0.0947. The molecular weight excluding hydrogens is 407 g/mol. The first-order valence-electron chi connectivity index (χ1n) is 8.51. The van der Waals surface area contributed by atoms with Gasteiger partial charge in [-0.3, -0.25) is 9.78 Å². The minimum Gasteiger partial charge on any atom is -0.351 e. The molecule has 0 aliphatic carbocycles. The molecule has 0 aliphatic rings. The molecular formula is C18H22ClFN4O3S. The molecule has 0 saturated carbocycles. The highest BCUT2D eigenvalue weighted by molar-refractivity contribution is 7.89. The first-order chi connectivity index (χ1) is 13.2. The van der Waals surface area contributed by atoms with Crippen LogP contribution in [-0.2, 0) is 16.6 Å². The summed E-state index contributed by atoms with van der Waals surface area (Å²) >= 11 is 5.63. The predicted molar refractivity (Wildman–Crippen MR) is 105 cm³/mol. The van der Waals surface area contributed by atoms with Gasteiger partial charge in [0.1, 0.15) is 11.5 Å². The van der Waals surface area contributed by atoms with Crippen molar-refractivity contribution in [2.24, 2.45) is 0 Å². The summed E-state index contributed by atoms with van der Waals surface area (Å²) in [6, 6.07) is 6.30. The van der Waals surface area contributed by atoms with Gasteiger partial charge in [-0.05, 0) is 56.9 Å². The van der Waals surface area contributed by atoms with Crippen LogP contribution in [0, 0.1) is 5.82 Å².